The van der Waals surface area contributed by atoms with E-state index in [2.05, 4.69) is 52.1 Å². The number of nitrogens with one attached hydrogen (secondary N) is 1. The Bertz CT molecular complexity index is 1170. The summed E-state index contributed by atoms with van der Waals surface area (Å²) in [6.45, 7) is 13.0. The number of aryl methyl sites for hydroxylation is 1. The van der Waals surface area contributed by atoms with Gasteiger partial charge in [0.2, 0.25) is 5.91 Å². The van der Waals surface area contributed by atoms with E-state index in [1.165, 1.54) is 0 Å². The second kappa shape index (κ2) is 11.4. The molecule has 5 nitrogen and oxygen atoms in total. The van der Waals surface area contributed by atoms with E-state index in [-0.39, 0.29) is 16.7 Å². The maximum Gasteiger partial charge on any atom is 0.240 e. The number of aromatic hydroxyl groups is 1. The summed E-state index contributed by atoms with van der Waals surface area (Å²) in [5.41, 5.74) is 6.91. The van der Waals surface area contributed by atoms with Crippen LogP contribution >= 0.6 is 0 Å². The van der Waals surface area contributed by atoms with Gasteiger partial charge in [-0.2, -0.15) is 5.10 Å². The zero-order valence-electron chi connectivity index (χ0n) is 22.3. The van der Waals surface area contributed by atoms with Crippen LogP contribution in [0, 0.1) is 0 Å². The van der Waals surface area contributed by atoms with Gasteiger partial charge >= 0.3 is 0 Å². The molecule has 0 aliphatic rings. The number of hydrogen-bond donors (Lipinski definition) is 2. The van der Waals surface area contributed by atoms with E-state index >= 15 is 0 Å². The number of phenolic OH excluding ortho intramolecular Hbond substituents is 1. The lowest BCUT2D eigenvalue weighted by Crippen LogP contribution is -2.20. The minimum Gasteiger partial charge on any atom is -0.507 e. The lowest BCUT2D eigenvalue weighted by Gasteiger charge is -2.28. The first-order valence-corrected chi connectivity index (χ1v) is 12.4. The van der Waals surface area contributed by atoms with Crippen molar-refractivity contribution in [2.24, 2.45) is 5.10 Å². The van der Waals surface area contributed by atoms with Crippen LogP contribution in [0.5, 0.6) is 11.5 Å². The van der Waals surface area contributed by atoms with Crippen molar-refractivity contribution in [3.63, 3.8) is 0 Å². The van der Waals surface area contributed by atoms with Crippen LogP contribution in [-0.4, -0.2) is 17.2 Å². The largest absolute Gasteiger partial charge is 0.507 e. The van der Waals surface area contributed by atoms with E-state index in [0.29, 0.717) is 30.9 Å². The topological polar surface area (TPSA) is 70.9 Å². The first-order valence-electron chi connectivity index (χ1n) is 12.4. The highest BCUT2D eigenvalue weighted by atomic mass is 16.5. The van der Waals surface area contributed by atoms with Gasteiger partial charge in [0.15, 0.2) is 0 Å². The van der Waals surface area contributed by atoms with Crippen LogP contribution < -0.4 is 10.2 Å². The highest BCUT2D eigenvalue weighted by Crippen LogP contribution is 2.40. The number of carbonyl (C=O) groups is 1. The van der Waals surface area contributed by atoms with Gasteiger partial charge in [0.25, 0.3) is 0 Å². The number of nitrogens with zero attached hydrogens (tertiary/aromatic N) is 1. The number of benzene rings is 3. The number of phenols is 1. The number of rotatable bonds is 8. The summed E-state index contributed by atoms with van der Waals surface area (Å²) >= 11 is 0. The van der Waals surface area contributed by atoms with Crippen LogP contribution in [0.2, 0.25) is 0 Å². The highest BCUT2D eigenvalue weighted by Gasteiger charge is 2.26. The quantitative estimate of drug-likeness (QED) is 0.277. The molecular formula is C31H38N2O3. The molecule has 0 saturated heterocycles. The molecule has 0 aliphatic carbocycles. The summed E-state index contributed by atoms with van der Waals surface area (Å²) < 4.78 is 5.95. The second-order valence-electron chi connectivity index (χ2n) is 11.1. The molecule has 0 fully saturated rings. The van der Waals surface area contributed by atoms with Crippen molar-refractivity contribution in [2.45, 2.75) is 71.8 Å². The molecule has 0 heterocycles. The third-order valence-corrected chi connectivity index (χ3v) is 5.98. The molecule has 3 rings (SSSR count). The van der Waals surface area contributed by atoms with Crippen molar-refractivity contribution in [1.29, 1.82) is 0 Å². The molecule has 0 aromatic heterocycles. The van der Waals surface area contributed by atoms with Gasteiger partial charge in [0, 0.05) is 12.0 Å². The van der Waals surface area contributed by atoms with Gasteiger partial charge in [-0.25, -0.2) is 5.43 Å². The average Bonchev–Trinajstić information content (AvgIpc) is 2.82. The monoisotopic (exact) mass is 486 g/mol. The third kappa shape index (κ3) is 7.45. The summed E-state index contributed by atoms with van der Waals surface area (Å²) in [6, 6.07) is 21.6. The predicted molar refractivity (Wildman–Crippen MR) is 147 cm³/mol. The lowest BCUT2D eigenvalue weighted by molar-refractivity contribution is -0.121. The Labute approximate surface area is 215 Å². The molecule has 0 bridgehead atoms. The molecule has 190 valence electrons. The first kappa shape index (κ1) is 27.0. The van der Waals surface area contributed by atoms with Gasteiger partial charge in [0.05, 0.1) is 6.21 Å². The Kier molecular flexibility index (Phi) is 8.57. The van der Waals surface area contributed by atoms with Crippen LogP contribution in [-0.2, 0) is 28.7 Å². The summed E-state index contributed by atoms with van der Waals surface area (Å²) in [5, 5.41) is 15.1. The van der Waals surface area contributed by atoms with Crippen molar-refractivity contribution < 1.29 is 14.6 Å². The molecule has 0 aliphatic heterocycles. The van der Waals surface area contributed by atoms with Crippen molar-refractivity contribution in [3.8, 4) is 11.5 Å². The molecule has 0 saturated carbocycles. The second-order valence-corrected chi connectivity index (χ2v) is 11.1. The van der Waals surface area contributed by atoms with Gasteiger partial charge in [0.1, 0.15) is 18.1 Å². The van der Waals surface area contributed by atoms with Crippen LogP contribution in [0.3, 0.4) is 0 Å². The number of amides is 1. The summed E-state index contributed by atoms with van der Waals surface area (Å²) in [4.78, 5) is 12.5. The number of para-hydroxylation sites is 1. The number of hydrogen-bond acceptors (Lipinski definition) is 4. The van der Waals surface area contributed by atoms with Gasteiger partial charge in [-0.15, -0.1) is 0 Å². The third-order valence-electron chi connectivity index (χ3n) is 5.98. The molecule has 1 amide bonds. The summed E-state index contributed by atoms with van der Waals surface area (Å²) in [7, 11) is 0. The summed E-state index contributed by atoms with van der Waals surface area (Å²) in [6.07, 6.45) is 2.46. The minimum absolute atomic E-state index is 0.170. The molecule has 3 aromatic carbocycles. The van der Waals surface area contributed by atoms with Gasteiger partial charge in [-0.3, -0.25) is 4.79 Å². The molecule has 36 heavy (non-hydrogen) atoms. The maximum absolute atomic E-state index is 12.5. The molecular weight excluding hydrogens is 448 g/mol. The van der Waals surface area contributed by atoms with Crippen LogP contribution in [0.4, 0.5) is 0 Å². The normalized spacial score (nSPS) is 12.1. The van der Waals surface area contributed by atoms with E-state index < -0.39 is 0 Å². The van der Waals surface area contributed by atoms with Crippen molar-refractivity contribution >= 4 is 12.1 Å². The SMILES string of the molecule is CC(C)(C)c1cc(CCC(=O)N/N=C/c2ccccc2OCc2ccccc2)cc(C(C)(C)C)c1O. The molecule has 0 unspecified atom stereocenters. The van der Waals surface area contributed by atoms with Crippen molar-refractivity contribution in [2.75, 3.05) is 0 Å². The van der Waals surface area contributed by atoms with Crippen LogP contribution in [0.15, 0.2) is 71.8 Å². The van der Waals surface area contributed by atoms with Gasteiger partial charge in [-0.05, 0) is 51.6 Å². The highest BCUT2D eigenvalue weighted by molar-refractivity contribution is 5.85. The average molecular weight is 487 g/mol. The fourth-order valence-corrected chi connectivity index (χ4v) is 3.92. The predicted octanol–water partition coefficient (Wildman–Crippen LogP) is 6.65. The first-order chi connectivity index (χ1) is 16.9. The smallest absolute Gasteiger partial charge is 0.240 e. The number of ether oxygens (including phenoxy) is 1. The van der Waals surface area contributed by atoms with Gasteiger partial charge in [-0.1, -0.05) is 96.1 Å². The minimum atomic E-state index is -0.206. The number of hydrazone groups is 1. The summed E-state index contributed by atoms with van der Waals surface area (Å²) in [5.74, 6) is 0.880. The zero-order chi connectivity index (χ0) is 26.3. The fraction of sp³-hybridized carbons (Fsp3) is 0.355. The lowest BCUT2D eigenvalue weighted by atomic mass is 9.78. The Morgan fingerprint density at radius 1 is 0.889 bits per heavy atom. The molecule has 0 radical (unpaired) electrons. The molecule has 0 atom stereocenters. The Balaban J connectivity index is 1.63. The maximum atomic E-state index is 12.5. The van der Waals surface area contributed by atoms with E-state index in [4.69, 9.17) is 4.74 Å². The molecule has 5 heteroatoms. The van der Waals surface area contributed by atoms with Crippen LogP contribution in [0.1, 0.15) is 75.8 Å². The molecule has 2 N–H and O–H groups in total. The van der Waals surface area contributed by atoms with Gasteiger partial charge < -0.3 is 9.84 Å². The van der Waals surface area contributed by atoms with E-state index in [9.17, 15) is 9.90 Å². The zero-order valence-corrected chi connectivity index (χ0v) is 22.3. The fourth-order valence-electron chi connectivity index (χ4n) is 3.92. The Morgan fingerprint density at radius 2 is 1.47 bits per heavy atom. The number of carbonyl (C=O) groups excluding carboxylic acids is 1. The van der Waals surface area contributed by atoms with E-state index in [1.54, 1.807) is 6.21 Å². The van der Waals surface area contributed by atoms with Crippen LogP contribution in [0.25, 0.3) is 0 Å². The van der Waals surface area contributed by atoms with Crippen molar-refractivity contribution in [1.82, 2.24) is 5.43 Å². The standard InChI is InChI=1S/C31H38N2O3/c1-30(2,3)25-18-23(19-26(29(25)35)31(4,5)6)16-17-28(34)33-32-20-24-14-10-11-15-27(24)36-21-22-12-8-7-9-13-22/h7-15,18-20,35H,16-17,21H2,1-6H3,(H,33,34)/b32-20+. The molecule has 3 aromatic rings. The van der Waals surface area contributed by atoms with E-state index in [0.717, 1.165) is 27.8 Å². The Hall–Kier alpha value is -3.60. The Morgan fingerprint density at radius 3 is 2.08 bits per heavy atom. The molecule has 0 spiro atoms. The van der Waals surface area contributed by atoms with Crippen molar-refractivity contribution in [3.05, 3.63) is 94.5 Å². The van der Waals surface area contributed by atoms with E-state index in [1.807, 2.05) is 66.7 Å².